The highest BCUT2D eigenvalue weighted by Gasteiger charge is 2.54. The number of aromatic carboxylic acids is 1. The third-order valence-electron chi connectivity index (χ3n) is 7.26. The predicted molar refractivity (Wildman–Crippen MR) is 144 cm³/mol. The summed E-state index contributed by atoms with van der Waals surface area (Å²) < 4.78 is 5.61. The quantitative estimate of drug-likeness (QED) is 0.498. The van der Waals surface area contributed by atoms with Gasteiger partial charge in [0.2, 0.25) is 0 Å². The van der Waals surface area contributed by atoms with Crippen LogP contribution in [0.25, 0.3) is 10.4 Å². The Hall–Kier alpha value is -3.23. The molecule has 3 heterocycles. The van der Waals surface area contributed by atoms with Crippen LogP contribution in [0.15, 0.2) is 42.5 Å². The van der Waals surface area contributed by atoms with E-state index < -0.39 is 5.97 Å². The van der Waals surface area contributed by atoms with Gasteiger partial charge in [-0.2, -0.15) is 0 Å². The normalized spacial score (nSPS) is 22.4. The lowest BCUT2D eigenvalue weighted by molar-refractivity contribution is 0.0680. The van der Waals surface area contributed by atoms with E-state index in [1.54, 1.807) is 23.5 Å². The number of nitrogens with zero attached hydrogens (tertiary/aromatic N) is 2. The van der Waals surface area contributed by atoms with Crippen molar-refractivity contribution >= 4 is 23.2 Å². The molecule has 1 aromatic heterocycles. The number of likely N-dealkylation sites (tertiary alicyclic amines) is 1. The number of piperidine rings is 1. The highest BCUT2D eigenvalue weighted by Crippen LogP contribution is 2.48. The van der Waals surface area contributed by atoms with Gasteiger partial charge < -0.3 is 20.5 Å². The molecular formula is C29H33N3O4S. The van der Waals surface area contributed by atoms with Crippen LogP contribution in [0.3, 0.4) is 0 Å². The van der Waals surface area contributed by atoms with E-state index in [0.717, 1.165) is 40.3 Å². The number of para-hydroxylation sites is 1. The standard InChI is InChI=1S/C18H21N3OS.C11H12O3/c1-10-4-3-5-12(6-10)17-16(20-11(2)23-17)18(22)21-14(9-19)7-13-8-15(13)21;1-11(2)6-7-4-3-5-8(10(12)13)9(7)14-11/h3-6,13-15H,7-9,19H2,1-2H3;3-5H,6H2,1-2H3,(H,12,13)/t13-,14+,15+;/m1./s1. The zero-order chi connectivity index (χ0) is 26.5. The lowest BCUT2D eigenvalue weighted by Gasteiger charge is -2.26. The van der Waals surface area contributed by atoms with Crippen molar-refractivity contribution in [1.29, 1.82) is 0 Å². The highest BCUT2D eigenvalue weighted by atomic mass is 32.1. The van der Waals surface area contributed by atoms with Crippen LogP contribution in [-0.4, -0.2) is 51.1 Å². The summed E-state index contributed by atoms with van der Waals surface area (Å²) in [5.74, 6) is 0.325. The first-order chi connectivity index (χ1) is 17.6. The van der Waals surface area contributed by atoms with Crippen molar-refractivity contribution in [2.75, 3.05) is 6.54 Å². The van der Waals surface area contributed by atoms with Crippen molar-refractivity contribution in [1.82, 2.24) is 9.88 Å². The smallest absolute Gasteiger partial charge is 0.339 e. The van der Waals surface area contributed by atoms with Crippen molar-refractivity contribution in [2.45, 2.75) is 64.6 Å². The molecule has 2 aromatic carbocycles. The number of fused-ring (bicyclic) bond motifs is 2. The van der Waals surface area contributed by atoms with Gasteiger partial charge in [-0.3, -0.25) is 4.79 Å². The third kappa shape index (κ3) is 5.00. The molecule has 3 aliphatic rings. The molecule has 0 bridgehead atoms. The fraction of sp³-hybridized carbons (Fsp3) is 0.414. The van der Waals surface area contributed by atoms with Gasteiger partial charge >= 0.3 is 5.97 Å². The Morgan fingerprint density at radius 1 is 1.19 bits per heavy atom. The molecule has 0 radical (unpaired) electrons. The first-order valence-electron chi connectivity index (χ1n) is 12.7. The van der Waals surface area contributed by atoms with E-state index in [4.69, 9.17) is 15.6 Å². The lowest BCUT2D eigenvalue weighted by Crippen LogP contribution is -2.42. The predicted octanol–water partition coefficient (Wildman–Crippen LogP) is 5.09. The minimum atomic E-state index is -0.931. The van der Waals surface area contributed by atoms with Gasteiger partial charge in [0.05, 0.1) is 9.88 Å². The fourth-order valence-electron chi connectivity index (χ4n) is 5.55. The number of aromatic nitrogens is 1. The molecule has 37 heavy (non-hydrogen) atoms. The van der Waals surface area contributed by atoms with Gasteiger partial charge in [0.15, 0.2) is 0 Å². The van der Waals surface area contributed by atoms with Crippen LogP contribution >= 0.6 is 11.3 Å². The van der Waals surface area contributed by atoms with Gasteiger partial charge in [-0.15, -0.1) is 11.3 Å². The monoisotopic (exact) mass is 519 g/mol. The number of hydrogen-bond acceptors (Lipinski definition) is 6. The minimum absolute atomic E-state index is 0.0614. The summed E-state index contributed by atoms with van der Waals surface area (Å²) in [4.78, 5) is 31.6. The maximum absolute atomic E-state index is 13.2. The molecule has 2 aliphatic heterocycles. The molecule has 1 saturated carbocycles. The summed E-state index contributed by atoms with van der Waals surface area (Å²) in [6, 6.07) is 14.1. The van der Waals surface area contributed by atoms with E-state index in [1.165, 1.54) is 5.56 Å². The summed E-state index contributed by atoms with van der Waals surface area (Å²) in [6.45, 7) is 8.49. The van der Waals surface area contributed by atoms with Crippen molar-refractivity contribution in [3.63, 3.8) is 0 Å². The van der Waals surface area contributed by atoms with Crippen LogP contribution in [0.4, 0.5) is 0 Å². The van der Waals surface area contributed by atoms with Gasteiger partial charge in [0.25, 0.3) is 5.91 Å². The Morgan fingerprint density at radius 3 is 2.65 bits per heavy atom. The number of hydrogen-bond donors (Lipinski definition) is 2. The number of nitrogens with two attached hydrogens (primary N) is 1. The highest BCUT2D eigenvalue weighted by molar-refractivity contribution is 7.15. The van der Waals surface area contributed by atoms with Crippen LogP contribution in [0.2, 0.25) is 0 Å². The Balaban J connectivity index is 0.000000171. The Morgan fingerprint density at radius 2 is 1.95 bits per heavy atom. The maximum Gasteiger partial charge on any atom is 0.339 e. The molecule has 1 amide bonds. The second kappa shape index (κ2) is 9.58. The molecule has 8 heteroatoms. The largest absolute Gasteiger partial charge is 0.486 e. The van der Waals surface area contributed by atoms with E-state index in [2.05, 4.69) is 30.1 Å². The molecule has 6 rings (SSSR count). The number of aryl methyl sites for hydroxylation is 2. The van der Waals surface area contributed by atoms with E-state index in [9.17, 15) is 9.59 Å². The molecule has 2 fully saturated rings. The number of carbonyl (C=O) groups excluding carboxylic acids is 1. The lowest BCUT2D eigenvalue weighted by atomic mass is 10.0. The second-order valence-corrected chi connectivity index (χ2v) is 12.0. The summed E-state index contributed by atoms with van der Waals surface area (Å²) in [6.07, 6.45) is 2.95. The van der Waals surface area contributed by atoms with Gasteiger partial charge in [-0.25, -0.2) is 9.78 Å². The molecule has 3 aromatic rings. The van der Waals surface area contributed by atoms with Crippen molar-refractivity contribution < 1.29 is 19.4 Å². The van der Waals surface area contributed by atoms with Crippen molar-refractivity contribution in [3.05, 3.63) is 69.9 Å². The van der Waals surface area contributed by atoms with E-state index in [1.807, 2.05) is 37.8 Å². The van der Waals surface area contributed by atoms with Crippen LogP contribution < -0.4 is 10.5 Å². The zero-order valence-electron chi connectivity index (χ0n) is 21.7. The number of ether oxygens (including phenoxy) is 1. The van der Waals surface area contributed by atoms with Crippen LogP contribution in [0, 0.1) is 19.8 Å². The maximum atomic E-state index is 13.2. The molecule has 7 nitrogen and oxygen atoms in total. The van der Waals surface area contributed by atoms with E-state index in [0.29, 0.717) is 29.9 Å². The Labute approximate surface area is 221 Å². The molecule has 3 atom stereocenters. The van der Waals surface area contributed by atoms with Crippen LogP contribution in [0.5, 0.6) is 5.75 Å². The molecule has 1 saturated heterocycles. The molecule has 0 spiro atoms. The average molecular weight is 520 g/mol. The molecule has 3 N–H and O–H groups in total. The number of carboxylic acids is 1. The van der Waals surface area contributed by atoms with E-state index in [-0.39, 0.29) is 23.1 Å². The third-order valence-corrected chi connectivity index (χ3v) is 8.28. The number of rotatable bonds is 4. The number of amides is 1. The number of carbonyl (C=O) groups is 2. The van der Waals surface area contributed by atoms with Gasteiger partial charge in [-0.05, 0) is 63.6 Å². The Kier molecular flexibility index (Phi) is 6.58. The van der Waals surface area contributed by atoms with E-state index >= 15 is 0 Å². The second-order valence-electron chi connectivity index (χ2n) is 10.8. The molecule has 194 valence electrons. The van der Waals surface area contributed by atoms with Gasteiger partial charge in [-0.1, -0.05) is 42.0 Å². The Bertz CT molecular complexity index is 1360. The summed E-state index contributed by atoms with van der Waals surface area (Å²) in [5, 5.41) is 9.87. The SMILES string of the molecule is CC1(C)Cc2cccc(C(=O)O)c2O1.Cc1cccc(-c2sc(C)nc2C(=O)N2[C@H](CN)C[C@@H]3C[C@@H]32)c1. The molecular weight excluding hydrogens is 486 g/mol. The average Bonchev–Trinajstić information content (AvgIpc) is 3.17. The zero-order valence-corrected chi connectivity index (χ0v) is 22.5. The van der Waals surface area contributed by atoms with Crippen molar-refractivity contribution in [3.8, 4) is 16.2 Å². The summed E-state index contributed by atoms with van der Waals surface area (Å²) in [5.41, 5.74) is 9.71. The minimum Gasteiger partial charge on any atom is -0.486 e. The topological polar surface area (TPSA) is 106 Å². The first kappa shape index (κ1) is 25.4. The van der Waals surface area contributed by atoms with Gasteiger partial charge in [0.1, 0.15) is 22.6 Å². The summed E-state index contributed by atoms with van der Waals surface area (Å²) >= 11 is 1.60. The fourth-order valence-corrected chi connectivity index (χ4v) is 6.45. The molecule has 1 aliphatic carbocycles. The number of carboxylic acid groups (broad SMARTS) is 1. The first-order valence-corrected chi connectivity index (χ1v) is 13.5. The van der Waals surface area contributed by atoms with Gasteiger partial charge in [0, 0.05) is 25.0 Å². The summed E-state index contributed by atoms with van der Waals surface area (Å²) in [7, 11) is 0. The van der Waals surface area contributed by atoms with Crippen molar-refractivity contribution in [2.24, 2.45) is 11.7 Å². The van der Waals surface area contributed by atoms with Crippen LogP contribution in [-0.2, 0) is 6.42 Å². The van der Waals surface area contributed by atoms with Crippen LogP contribution in [0.1, 0.15) is 63.7 Å². The number of benzene rings is 2. The number of thiazole rings is 1. The molecule has 0 unspecified atom stereocenters.